The van der Waals surface area contributed by atoms with Gasteiger partial charge in [0, 0.05) is 6.42 Å². The quantitative estimate of drug-likeness (QED) is 0.747. The minimum atomic E-state index is -0.885. The average Bonchev–Trinajstić information content (AvgIpc) is 2.27. The van der Waals surface area contributed by atoms with E-state index >= 15 is 0 Å². The molecule has 2 heteroatoms. The zero-order chi connectivity index (χ0) is 11.3. The van der Waals surface area contributed by atoms with E-state index < -0.39 is 5.54 Å². The Bertz CT molecular complexity index is 341. The van der Waals surface area contributed by atoms with Crippen molar-refractivity contribution in [2.75, 3.05) is 0 Å². The lowest BCUT2D eigenvalue weighted by atomic mass is 9.87. The first-order valence-corrected chi connectivity index (χ1v) is 5.07. The van der Waals surface area contributed by atoms with E-state index in [1.807, 2.05) is 30.3 Å². The van der Waals surface area contributed by atoms with E-state index in [0.717, 1.165) is 5.56 Å². The predicted molar refractivity (Wildman–Crippen MR) is 62.4 cm³/mol. The summed E-state index contributed by atoms with van der Waals surface area (Å²) in [5.74, 6) is 0.0496. The van der Waals surface area contributed by atoms with Crippen molar-refractivity contribution in [2.24, 2.45) is 5.73 Å². The lowest BCUT2D eigenvalue weighted by Crippen LogP contribution is -2.41. The maximum absolute atomic E-state index is 11.9. The van der Waals surface area contributed by atoms with Crippen molar-refractivity contribution in [2.45, 2.75) is 25.3 Å². The third-order valence-electron chi connectivity index (χ3n) is 2.53. The van der Waals surface area contributed by atoms with Crippen molar-refractivity contribution < 1.29 is 4.79 Å². The molecule has 1 unspecified atom stereocenters. The molecule has 1 rings (SSSR count). The fourth-order valence-electron chi connectivity index (χ4n) is 1.44. The molecular weight excluding hydrogens is 186 g/mol. The second kappa shape index (κ2) is 4.89. The smallest absolute Gasteiger partial charge is 0.157 e. The maximum Gasteiger partial charge on any atom is 0.157 e. The van der Waals surface area contributed by atoms with Crippen LogP contribution in [-0.2, 0) is 10.3 Å². The van der Waals surface area contributed by atoms with Gasteiger partial charge >= 0.3 is 0 Å². The number of hydrogen-bond acceptors (Lipinski definition) is 2. The summed E-state index contributed by atoms with van der Waals surface area (Å²) in [4.78, 5) is 11.9. The molecule has 80 valence electrons. The van der Waals surface area contributed by atoms with Crippen LogP contribution in [0.25, 0.3) is 0 Å². The highest BCUT2D eigenvalue weighted by Gasteiger charge is 2.28. The summed E-state index contributed by atoms with van der Waals surface area (Å²) in [6, 6.07) is 9.45. The van der Waals surface area contributed by atoms with Crippen LogP contribution in [0.5, 0.6) is 0 Å². The van der Waals surface area contributed by atoms with Gasteiger partial charge in [0.15, 0.2) is 5.78 Å². The Balaban J connectivity index is 2.82. The summed E-state index contributed by atoms with van der Waals surface area (Å²) in [5.41, 5.74) is 6.01. The molecule has 0 aromatic heterocycles. The van der Waals surface area contributed by atoms with E-state index in [1.54, 1.807) is 13.0 Å². The molecule has 0 bridgehead atoms. The Morgan fingerprint density at radius 1 is 1.47 bits per heavy atom. The van der Waals surface area contributed by atoms with E-state index in [0.29, 0.717) is 12.8 Å². The van der Waals surface area contributed by atoms with Gasteiger partial charge in [-0.2, -0.15) is 0 Å². The topological polar surface area (TPSA) is 43.1 Å². The minimum absolute atomic E-state index is 0.0496. The molecule has 0 radical (unpaired) electrons. The molecule has 2 nitrogen and oxygen atoms in total. The average molecular weight is 203 g/mol. The summed E-state index contributed by atoms with van der Waals surface area (Å²) in [7, 11) is 0. The number of carbonyl (C=O) groups is 1. The van der Waals surface area contributed by atoms with Crippen LogP contribution in [0.15, 0.2) is 43.0 Å². The number of Topliss-reactive ketones (excluding diaryl/α,β-unsaturated/α-hetero) is 1. The summed E-state index contributed by atoms with van der Waals surface area (Å²) in [6.45, 7) is 5.35. The number of benzene rings is 1. The number of hydrogen-bond donors (Lipinski definition) is 1. The van der Waals surface area contributed by atoms with E-state index in [2.05, 4.69) is 6.58 Å². The molecule has 0 fully saturated rings. The van der Waals surface area contributed by atoms with Gasteiger partial charge in [0.1, 0.15) is 0 Å². The van der Waals surface area contributed by atoms with Gasteiger partial charge in [-0.3, -0.25) is 4.79 Å². The van der Waals surface area contributed by atoms with Crippen LogP contribution in [0.1, 0.15) is 25.3 Å². The van der Waals surface area contributed by atoms with E-state index in [-0.39, 0.29) is 5.78 Å². The first kappa shape index (κ1) is 11.7. The first-order valence-electron chi connectivity index (χ1n) is 5.07. The van der Waals surface area contributed by atoms with Crippen molar-refractivity contribution in [3.05, 3.63) is 48.6 Å². The molecule has 0 saturated carbocycles. The monoisotopic (exact) mass is 203 g/mol. The predicted octanol–water partition coefficient (Wildman–Crippen LogP) is 2.40. The van der Waals surface area contributed by atoms with Gasteiger partial charge < -0.3 is 5.73 Å². The van der Waals surface area contributed by atoms with Gasteiger partial charge in [0.05, 0.1) is 5.54 Å². The highest BCUT2D eigenvalue weighted by molar-refractivity contribution is 5.89. The standard InChI is InChI=1S/C13H17NO/c1-3-4-10-12(15)13(2,14)11-8-6-5-7-9-11/h3,5-9H,1,4,10,14H2,2H3. The molecule has 0 aliphatic carbocycles. The van der Waals surface area contributed by atoms with Gasteiger partial charge in [-0.25, -0.2) is 0 Å². The van der Waals surface area contributed by atoms with Crippen molar-refractivity contribution in [3.63, 3.8) is 0 Å². The fraction of sp³-hybridized carbons (Fsp3) is 0.308. The highest BCUT2D eigenvalue weighted by atomic mass is 16.1. The Hall–Kier alpha value is -1.41. The zero-order valence-corrected chi connectivity index (χ0v) is 9.07. The minimum Gasteiger partial charge on any atom is -0.315 e. The summed E-state index contributed by atoms with van der Waals surface area (Å²) in [5, 5.41) is 0. The van der Waals surface area contributed by atoms with Gasteiger partial charge in [0.25, 0.3) is 0 Å². The normalized spacial score (nSPS) is 14.3. The fourth-order valence-corrected chi connectivity index (χ4v) is 1.44. The highest BCUT2D eigenvalue weighted by Crippen LogP contribution is 2.20. The van der Waals surface area contributed by atoms with Crippen molar-refractivity contribution in [3.8, 4) is 0 Å². The van der Waals surface area contributed by atoms with Crippen LogP contribution in [0.3, 0.4) is 0 Å². The lowest BCUT2D eigenvalue weighted by molar-refractivity contribution is -0.123. The summed E-state index contributed by atoms with van der Waals surface area (Å²) >= 11 is 0. The Labute approximate surface area is 90.8 Å². The number of rotatable bonds is 5. The summed E-state index contributed by atoms with van der Waals surface area (Å²) in [6.07, 6.45) is 2.86. The number of ketones is 1. The van der Waals surface area contributed by atoms with E-state index in [1.165, 1.54) is 0 Å². The second-order valence-corrected chi connectivity index (χ2v) is 3.82. The number of nitrogens with two attached hydrogens (primary N) is 1. The third kappa shape index (κ3) is 2.77. The van der Waals surface area contributed by atoms with Crippen LogP contribution in [0.2, 0.25) is 0 Å². The molecule has 0 saturated heterocycles. The van der Waals surface area contributed by atoms with E-state index in [9.17, 15) is 4.79 Å². The molecule has 0 spiro atoms. The largest absolute Gasteiger partial charge is 0.315 e. The molecular formula is C13H17NO. The number of carbonyl (C=O) groups excluding carboxylic acids is 1. The zero-order valence-electron chi connectivity index (χ0n) is 9.07. The molecule has 2 N–H and O–H groups in total. The van der Waals surface area contributed by atoms with Crippen molar-refractivity contribution in [1.82, 2.24) is 0 Å². The van der Waals surface area contributed by atoms with Gasteiger partial charge in [0.2, 0.25) is 0 Å². The van der Waals surface area contributed by atoms with Gasteiger partial charge in [-0.15, -0.1) is 6.58 Å². The molecule has 1 aromatic rings. The third-order valence-corrected chi connectivity index (χ3v) is 2.53. The lowest BCUT2D eigenvalue weighted by Gasteiger charge is -2.23. The molecule has 0 amide bonds. The first-order chi connectivity index (χ1) is 7.09. The molecule has 15 heavy (non-hydrogen) atoms. The molecule has 0 aliphatic rings. The Kier molecular flexibility index (Phi) is 3.81. The molecule has 0 aliphatic heterocycles. The molecule has 1 atom stereocenters. The van der Waals surface area contributed by atoms with Crippen LogP contribution in [0, 0.1) is 0 Å². The Morgan fingerprint density at radius 2 is 2.07 bits per heavy atom. The SMILES string of the molecule is C=CCCC(=O)C(C)(N)c1ccccc1. The van der Waals surface area contributed by atoms with E-state index in [4.69, 9.17) is 5.73 Å². The van der Waals surface area contributed by atoms with Crippen LogP contribution >= 0.6 is 0 Å². The Morgan fingerprint density at radius 3 is 2.60 bits per heavy atom. The van der Waals surface area contributed by atoms with Crippen LogP contribution in [-0.4, -0.2) is 5.78 Å². The molecule has 0 heterocycles. The second-order valence-electron chi connectivity index (χ2n) is 3.82. The maximum atomic E-state index is 11.9. The molecule has 1 aromatic carbocycles. The van der Waals surface area contributed by atoms with Gasteiger partial charge in [-0.05, 0) is 18.9 Å². The number of allylic oxidation sites excluding steroid dienone is 1. The van der Waals surface area contributed by atoms with Gasteiger partial charge in [-0.1, -0.05) is 36.4 Å². The van der Waals surface area contributed by atoms with Crippen LogP contribution < -0.4 is 5.73 Å². The van der Waals surface area contributed by atoms with Crippen LogP contribution in [0.4, 0.5) is 0 Å². The summed E-state index contributed by atoms with van der Waals surface area (Å²) < 4.78 is 0. The van der Waals surface area contributed by atoms with Crippen molar-refractivity contribution in [1.29, 1.82) is 0 Å². The van der Waals surface area contributed by atoms with Crippen molar-refractivity contribution >= 4 is 5.78 Å².